The van der Waals surface area contributed by atoms with E-state index in [9.17, 15) is 4.79 Å². The first kappa shape index (κ1) is 16.8. The fraction of sp³-hybridized carbons (Fsp3) is 0.812. The average Bonchev–Trinajstić information content (AvgIpc) is 2.82. The van der Waals surface area contributed by atoms with Gasteiger partial charge in [0.25, 0.3) is 0 Å². The third kappa shape index (κ3) is 4.07. The Labute approximate surface area is 142 Å². The number of hydrogen-bond acceptors (Lipinski definition) is 5. The van der Waals surface area contributed by atoms with Crippen LogP contribution in [0.2, 0.25) is 0 Å². The molecule has 1 aromatic rings. The van der Waals surface area contributed by atoms with Crippen molar-refractivity contribution < 1.29 is 9.53 Å². The SMILES string of the molecule is CC(C)n1cnnc1SCC(=O)N1CCOCC(C2CCC2)C1. The van der Waals surface area contributed by atoms with Crippen molar-refractivity contribution in [3.63, 3.8) is 0 Å². The lowest BCUT2D eigenvalue weighted by Crippen LogP contribution is -2.40. The van der Waals surface area contributed by atoms with Crippen molar-refractivity contribution in [1.29, 1.82) is 0 Å². The minimum Gasteiger partial charge on any atom is -0.379 e. The van der Waals surface area contributed by atoms with Crippen LogP contribution in [0.4, 0.5) is 0 Å². The first-order chi connectivity index (χ1) is 11.1. The monoisotopic (exact) mass is 338 g/mol. The predicted octanol–water partition coefficient (Wildman–Crippen LogP) is 2.23. The van der Waals surface area contributed by atoms with E-state index in [-0.39, 0.29) is 5.91 Å². The van der Waals surface area contributed by atoms with Gasteiger partial charge in [-0.1, -0.05) is 31.0 Å². The normalized spacial score (nSPS) is 22.9. The topological polar surface area (TPSA) is 60.2 Å². The van der Waals surface area contributed by atoms with Gasteiger partial charge in [0.05, 0.1) is 19.0 Å². The van der Waals surface area contributed by atoms with E-state index in [1.165, 1.54) is 31.0 Å². The molecule has 3 rings (SSSR count). The van der Waals surface area contributed by atoms with Crippen LogP contribution >= 0.6 is 11.8 Å². The van der Waals surface area contributed by atoms with Crippen LogP contribution in [-0.2, 0) is 9.53 Å². The summed E-state index contributed by atoms with van der Waals surface area (Å²) in [6.45, 7) is 7.20. The van der Waals surface area contributed by atoms with Crippen molar-refractivity contribution in [2.45, 2.75) is 44.3 Å². The summed E-state index contributed by atoms with van der Waals surface area (Å²) in [4.78, 5) is 14.6. The maximum Gasteiger partial charge on any atom is 0.233 e. The lowest BCUT2D eigenvalue weighted by Gasteiger charge is -2.34. The van der Waals surface area contributed by atoms with Gasteiger partial charge in [0.15, 0.2) is 5.16 Å². The van der Waals surface area contributed by atoms with E-state index in [2.05, 4.69) is 24.0 Å². The maximum absolute atomic E-state index is 12.6. The number of carbonyl (C=O) groups is 1. The summed E-state index contributed by atoms with van der Waals surface area (Å²) in [6.07, 6.45) is 5.64. The smallest absolute Gasteiger partial charge is 0.233 e. The highest BCUT2D eigenvalue weighted by molar-refractivity contribution is 7.99. The van der Waals surface area contributed by atoms with Gasteiger partial charge >= 0.3 is 0 Å². The zero-order valence-electron chi connectivity index (χ0n) is 14.0. The summed E-state index contributed by atoms with van der Waals surface area (Å²) >= 11 is 1.48. The molecular formula is C16H26N4O2S. The van der Waals surface area contributed by atoms with Gasteiger partial charge in [-0.15, -0.1) is 10.2 Å². The largest absolute Gasteiger partial charge is 0.379 e. The lowest BCUT2D eigenvalue weighted by molar-refractivity contribution is -0.129. The quantitative estimate of drug-likeness (QED) is 0.771. The second kappa shape index (κ2) is 7.66. The van der Waals surface area contributed by atoms with Gasteiger partial charge < -0.3 is 14.2 Å². The van der Waals surface area contributed by atoms with Crippen molar-refractivity contribution in [1.82, 2.24) is 19.7 Å². The molecule has 0 aromatic carbocycles. The third-order valence-corrected chi connectivity index (χ3v) is 5.82. The van der Waals surface area contributed by atoms with Gasteiger partial charge in [-0.25, -0.2) is 0 Å². The maximum atomic E-state index is 12.6. The number of rotatable bonds is 5. The molecule has 0 bridgehead atoms. The molecule has 1 aliphatic carbocycles. The van der Waals surface area contributed by atoms with E-state index in [0.717, 1.165) is 24.2 Å². The van der Waals surface area contributed by atoms with Crippen LogP contribution in [0, 0.1) is 11.8 Å². The Balaban J connectivity index is 1.55. The average molecular weight is 338 g/mol. The van der Waals surface area contributed by atoms with E-state index in [0.29, 0.717) is 30.9 Å². The summed E-state index contributed by atoms with van der Waals surface area (Å²) in [5.74, 6) is 1.87. The molecular weight excluding hydrogens is 312 g/mol. The number of carbonyl (C=O) groups excluding carboxylic acids is 1. The minimum absolute atomic E-state index is 0.183. The highest BCUT2D eigenvalue weighted by Crippen LogP contribution is 2.34. The molecule has 1 atom stereocenters. The number of aromatic nitrogens is 3. The molecule has 1 aliphatic heterocycles. The fourth-order valence-electron chi connectivity index (χ4n) is 3.17. The molecule has 0 radical (unpaired) electrons. The van der Waals surface area contributed by atoms with Gasteiger partial charge in [-0.2, -0.15) is 0 Å². The summed E-state index contributed by atoms with van der Waals surface area (Å²) in [6, 6.07) is 0.303. The standard InChI is InChI=1S/C16H26N4O2S/c1-12(2)20-11-17-18-16(20)23-10-15(21)19-6-7-22-9-14(8-19)13-4-3-5-13/h11-14H,3-10H2,1-2H3. The number of thioether (sulfide) groups is 1. The molecule has 128 valence electrons. The summed E-state index contributed by atoms with van der Waals surface area (Å²) < 4.78 is 7.72. The van der Waals surface area contributed by atoms with Crippen LogP contribution in [0.1, 0.15) is 39.2 Å². The minimum atomic E-state index is 0.183. The van der Waals surface area contributed by atoms with E-state index in [4.69, 9.17) is 4.74 Å². The zero-order chi connectivity index (χ0) is 16.2. The first-order valence-corrected chi connectivity index (χ1v) is 9.51. The van der Waals surface area contributed by atoms with E-state index in [1.54, 1.807) is 6.33 Å². The van der Waals surface area contributed by atoms with Crippen molar-refractivity contribution in [2.75, 3.05) is 32.1 Å². The van der Waals surface area contributed by atoms with Crippen LogP contribution in [0.15, 0.2) is 11.5 Å². The van der Waals surface area contributed by atoms with Crippen LogP contribution in [-0.4, -0.2) is 57.6 Å². The van der Waals surface area contributed by atoms with Crippen LogP contribution in [0.25, 0.3) is 0 Å². The fourth-order valence-corrected chi connectivity index (χ4v) is 4.11. The van der Waals surface area contributed by atoms with E-state index in [1.807, 2.05) is 9.47 Å². The molecule has 7 heteroatoms. The summed E-state index contributed by atoms with van der Waals surface area (Å²) in [5.41, 5.74) is 0. The van der Waals surface area contributed by atoms with Crippen molar-refractivity contribution in [3.8, 4) is 0 Å². The van der Waals surface area contributed by atoms with Crippen molar-refractivity contribution in [3.05, 3.63) is 6.33 Å². The number of hydrogen-bond donors (Lipinski definition) is 0. The Hall–Kier alpha value is -1.08. The molecule has 23 heavy (non-hydrogen) atoms. The molecule has 0 N–H and O–H groups in total. The van der Waals surface area contributed by atoms with Gasteiger partial charge in [-0.05, 0) is 19.8 Å². The Morgan fingerprint density at radius 1 is 1.43 bits per heavy atom. The highest BCUT2D eigenvalue weighted by atomic mass is 32.2. The molecule has 2 heterocycles. The lowest BCUT2D eigenvalue weighted by atomic mass is 9.76. The highest BCUT2D eigenvalue weighted by Gasteiger charge is 2.31. The second-order valence-electron chi connectivity index (χ2n) is 6.77. The molecule has 0 spiro atoms. The van der Waals surface area contributed by atoms with Gasteiger partial charge in [-0.3, -0.25) is 4.79 Å². The van der Waals surface area contributed by atoms with Crippen LogP contribution in [0.5, 0.6) is 0 Å². The van der Waals surface area contributed by atoms with Gasteiger partial charge in [0.2, 0.25) is 5.91 Å². The third-order valence-electron chi connectivity index (χ3n) is 4.88. The molecule has 1 unspecified atom stereocenters. The molecule has 6 nitrogen and oxygen atoms in total. The van der Waals surface area contributed by atoms with Crippen molar-refractivity contribution >= 4 is 17.7 Å². The van der Waals surface area contributed by atoms with Crippen LogP contribution in [0.3, 0.4) is 0 Å². The van der Waals surface area contributed by atoms with Gasteiger partial charge in [0, 0.05) is 25.0 Å². The second-order valence-corrected chi connectivity index (χ2v) is 7.71. The van der Waals surface area contributed by atoms with Crippen LogP contribution < -0.4 is 0 Å². The Bertz CT molecular complexity index is 530. The summed E-state index contributed by atoms with van der Waals surface area (Å²) in [7, 11) is 0. The molecule has 1 amide bonds. The number of nitrogens with zero attached hydrogens (tertiary/aromatic N) is 4. The van der Waals surface area contributed by atoms with E-state index >= 15 is 0 Å². The first-order valence-electron chi connectivity index (χ1n) is 8.53. The van der Waals surface area contributed by atoms with Crippen molar-refractivity contribution in [2.24, 2.45) is 11.8 Å². The van der Waals surface area contributed by atoms with Gasteiger partial charge in [0.1, 0.15) is 6.33 Å². The predicted molar refractivity (Wildman–Crippen MR) is 89.4 cm³/mol. The molecule has 1 saturated carbocycles. The molecule has 2 aliphatic rings. The van der Waals surface area contributed by atoms with E-state index < -0.39 is 0 Å². The Morgan fingerprint density at radius 3 is 2.96 bits per heavy atom. The molecule has 2 fully saturated rings. The number of ether oxygens (including phenoxy) is 1. The zero-order valence-corrected chi connectivity index (χ0v) is 14.8. The number of amides is 1. The Kier molecular flexibility index (Phi) is 5.58. The Morgan fingerprint density at radius 2 is 2.26 bits per heavy atom. The molecule has 1 saturated heterocycles. The molecule has 1 aromatic heterocycles. The summed E-state index contributed by atoms with van der Waals surface area (Å²) in [5, 5.41) is 8.88.